The van der Waals surface area contributed by atoms with Crippen LogP contribution in [0.4, 0.5) is 18.9 Å². The molecular formula is C26H31F3N4O2. The van der Waals surface area contributed by atoms with Gasteiger partial charge in [-0.25, -0.2) is 0 Å². The molecule has 4 rings (SSSR count). The minimum Gasteiger partial charge on any atom is -0.391 e. The van der Waals surface area contributed by atoms with Crippen LogP contribution in [0, 0.1) is 0 Å². The zero-order valence-electron chi connectivity index (χ0n) is 19.7. The van der Waals surface area contributed by atoms with Crippen LogP contribution in [0.15, 0.2) is 59.8 Å². The Hall–Kier alpha value is -3.07. The normalized spacial score (nSPS) is 17.4. The molecule has 2 aromatic carbocycles. The first-order valence-electron chi connectivity index (χ1n) is 12.0. The number of hydrogen-bond acceptors (Lipinski definition) is 5. The number of nitrogens with zero attached hydrogens (tertiary/aromatic N) is 4. The first kappa shape index (κ1) is 25.0. The van der Waals surface area contributed by atoms with Crippen LogP contribution >= 0.6 is 0 Å². The molecule has 0 saturated carbocycles. The number of carbonyl (C=O) groups excluding carboxylic acids is 1. The molecule has 0 spiro atoms. The van der Waals surface area contributed by atoms with E-state index in [1.54, 1.807) is 6.07 Å². The molecule has 2 aliphatic heterocycles. The average Bonchev–Trinajstić information content (AvgIpc) is 2.88. The Balaban J connectivity index is 1.14. The highest BCUT2D eigenvalue weighted by molar-refractivity contribution is 5.87. The van der Waals surface area contributed by atoms with E-state index in [1.807, 2.05) is 11.0 Å². The summed E-state index contributed by atoms with van der Waals surface area (Å²) < 4.78 is 38.5. The van der Waals surface area contributed by atoms with Crippen molar-refractivity contribution in [2.45, 2.75) is 32.0 Å². The van der Waals surface area contributed by atoms with E-state index in [0.29, 0.717) is 37.9 Å². The lowest BCUT2D eigenvalue weighted by molar-refractivity contribution is -0.137. The Morgan fingerprint density at radius 2 is 1.63 bits per heavy atom. The van der Waals surface area contributed by atoms with E-state index in [9.17, 15) is 18.0 Å². The van der Waals surface area contributed by atoms with Crippen LogP contribution in [0.25, 0.3) is 0 Å². The summed E-state index contributed by atoms with van der Waals surface area (Å²) in [5, 5.41) is 4.10. The lowest BCUT2D eigenvalue weighted by Crippen LogP contribution is -2.47. The van der Waals surface area contributed by atoms with Crippen molar-refractivity contribution in [1.82, 2.24) is 9.80 Å². The number of oxime groups is 1. The van der Waals surface area contributed by atoms with Gasteiger partial charge in [0.25, 0.3) is 0 Å². The van der Waals surface area contributed by atoms with Crippen molar-refractivity contribution in [3.63, 3.8) is 0 Å². The molecule has 0 aliphatic carbocycles. The number of para-hydroxylation sites is 1. The molecule has 188 valence electrons. The van der Waals surface area contributed by atoms with Gasteiger partial charge in [0.05, 0.1) is 11.3 Å². The molecule has 0 aromatic heterocycles. The molecule has 2 heterocycles. The highest BCUT2D eigenvalue weighted by Gasteiger charge is 2.30. The number of rotatable bonds is 7. The first-order chi connectivity index (χ1) is 16.9. The molecule has 0 radical (unpaired) electrons. The summed E-state index contributed by atoms with van der Waals surface area (Å²) in [4.78, 5) is 24.6. The van der Waals surface area contributed by atoms with Gasteiger partial charge in [-0.3, -0.25) is 9.69 Å². The molecular weight excluding hydrogens is 457 g/mol. The van der Waals surface area contributed by atoms with Crippen LogP contribution < -0.4 is 4.90 Å². The number of likely N-dealkylation sites (tertiary alicyclic amines) is 1. The molecule has 35 heavy (non-hydrogen) atoms. The fraction of sp³-hybridized carbons (Fsp3) is 0.462. The first-order valence-corrected chi connectivity index (χ1v) is 12.0. The van der Waals surface area contributed by atoms with Crippen molar-refractivity contribution < 1.29 is 22.8 Å². The van der Waals surface area contributed by atoms with Gasteiger partial charge in [-0.05, 0) is 29.8 Å². The second kappa shape index (κ2) is 11.6. The largest absolute Gasteiger partial charge is 0.416 e. The van der Waals surface area contributed by atoms with Crippen LogP contribution in [0.5, 0.6) is 0 Å². The van der Waals surface area contributed by atoms with Crippen molar-refractivity contribution in [3.8, 4) is 0 Å². The fourth-order valence-corrected chi connectivity index (χ4v) is 4.42. The topological polar surface area (TPSA) is 48.4 Å². The molecule has 9 heteroatoms. The Kier molecular flexibility index (Phi) is 8.28. The summed E-state index contributed by atoms with van der Waals surface area (Å²) in [6.45, 7) is 5.74. The molecule has 0 atom stereocenters. The minimum atomic E-state index is -4.38. The lowest BCUT2D eigenvalue weighted by atomic mass is 10.1. The minimum absolute atomic E-state index is 0.0202. The van der Waals surface area contributed by atoms with Crippen LogP contribution in [-0.4, -0.2) is 67.2 Å². The van der Waals surface area contributed by atoms with Gasteiger partial charge in [0.15, 0.2) is 0 Å². The summed E-state index contributed by atoms with van der Waals surface area (Å²) in [6.07, 6.45) is -2.64. The summed E-state index contributed by atoms with van der Waals surface area (Å²) in [6, 6.07) is 15.4. The Morgan fingerprint density at radius 3 is 2.31 bits per heavy atom. The smallest absolute Gasteiger partial charge is 0.391 e. The van der Waals surface area contributed by atoms with E-state index in [1.165, 1.54) is 11.8 Å². The zero-order valence-corrected chi connectivity index (χ0v) is 19.7. The Morgan fingerprint density at radius 1 is 0.914 bits per heavy atom. The molecule has 2 fully saturated rings. The highest BCUT2D eigenvalue weighted by atomic mass is 19.4. The predicted octanol–water partition coefficient (Wildman–Crippen LogP) is 4.41. The molecule has 2 aromatic rings. The third-order valence-corrected chi connectivity index (χ3v) is 6.51. The standard InChI is InChI=1S/C26H31F3N4O2/c27-26(28,29)22-6-4-5-21(19-22)20-35-30-23-9-13-33(14-10-23)25(34)11-12-31-15-17-32(18-16-31)24-7-2-1-3-8-24/h1-8,19H,9-18,20H2. The molecule has 1 amide bonds. The zero-order chi connectivity index (χ0) is 24.7. The maximum atomic E-state index is 12.8. The maximum Gasteiger partial charge on any atom is 0.416 e. The van der Waals surface area contributed by atoms with Crippen molar-refractivity contribution in [1.29, 1.82) is 0 Å². The van der Waals surface area contributed by atoms with E-state index in [-0.39, 0.29) is 12.5 Å². The number of anilines is 1. The van der Waals surface area contributed by atoms with Crippen LogP contribution in [0.3, 0.4) is 0 Å². The van der Waals surface area contributed by atoms with E-state index < -0.39 is 11.7 Å². The van der Waals surface area contributed by atoms with E-state index in [0.717, 1.165) is 50.6 Å². The van der Waals surface area contributed by atoms with Crippen molar-refractivity contribution in [3.05, 3.63) is 65.7 Å². The molecule has 0 N–H and O–H groups in total. The lowest BCUT2D eigenvalue weighted by Gasteiger charge is -2.36. The Labute approximate surface area is 203 Å². The molecule has 0 bridgehead atoms. The number of amides is 1. The molecule has 2 aliphatic rings. The fourth-order valence-electron chi connectivity index (χ4n) is 4.42. The molecule has 6 nitrogen and oxygen atoms in total. The number of halogens is 3. The average molecular weight is 489 g/mol. The SMILES string of the molecule is O=C(CCN1CCN(c2ccccc2)CC1)N1CCC(=NOCc2cccc(C(F)(F)F)c2)CC1. The summed E-state index contributed by atoms with van der Waals surface area (Å²) in [5.74, 6) is 0.152. The van der Waals surface area contributed by atoms with Crippen LogP contribution in [-0.2, 0) is 22.4 Å². The number of benzene rings is 2. The van der Waals surface area contributed by atoms with Crippen LogP contribution in [0.1, 0.15) is 30.4 Å². The van der Waals surface area contributed by atoms with Gasteiger partial charge in [0.1, 0.15) is 6.61 Å². The van der Waals surface area contributed by atoms with Gasteiger partial charge < -0.3 is 14.6 Å². The summed E-state index contributed by atoms with van der Waals surface area (Å²) >= 11 is 0. The highest BCUT2D eigenvalue weighted by Crippen LogP contribution is 2.29. The van der Waals surface area contributed by atoms with E-state index >= 15 is 0 Å². The number of hydrogen-bond donors (Lipinski definition) is 0. The van der Waals surface area contributed by atoms with Gasteiger partial charge in [-0.2, -0.15) is 13.2 Å². The maximum absolute atomic E-state index is 12.8. The van der Waals surface area contributed by atoms with Gasteiger partial charge >= 0.3 is 6.18 Å². The summed E-state index contributed by atoms with van der Waals surface area (Å²) in [7, 11) is 0. The van der Waals surface area contributed by atoms with E-state index in [2.05, 4.69) is 39.2 Å². The van der Waals surface area contributed by atoms with Gasteiger partial charge in [0, 0.05) is 70.8 Å². The van der Waals surface area contributed by atoms with Gasteiger partial charge in [0.2, 0.25) is 5.91 Å². The predicted molar refractivity (Wildman–Crippen MR) is 129 cm³/mol. The number of piperazine rings is 1. The monoisotopic (exact) mass is 488 g/mol. The second-order valence-corrected chi connectivity index (χ2v) is 8.92. The van der Waals surface area contributed by atoms with E-state index in [4.69, 9.17) is 4.84 Å². The number of piperidine rings is 1. The number of carbonyl (C=O) groups is 1. The second-order valence-electron chi connectivity index (χ2n) is 8.92. The third kappa shape index (κ3) is 7.21. The van der Waals surface area contributed by atoms with Crippen molar-refractivity contribution >= 4 is 17.3 Å². The molecule has 0 unspecified atom stereocenters. The Bertz CT molecular complexity index is 995. The van der Waals surface area contributed by atoms with Gasteiger partial charge in [-0.1, -0.05) is 35.5 Å². The molecule has 2 saturated heterocycles. The summed E-state index contributed by atoms with van der Waals surface area (Å²) in [5.41, 5.74) is 1.79. The van der Waals surface area contributed by atoms with Crippen molar-refractivity contribution in [2.24, 2.45) is 5.16 Å². The number of alkyl halides is 3. The van der Waals surface area contributed by atoms with Crippen molar-refractivity contribution in [2.75, 3.05) is 50.7 Å². The third-order valence-electron chi connectivity index (χ3n) is 6.51. The van der Waals surface area contributed by atoms with Crippen LogP contribution in [0.2, 0.25) is 0 Å². The van der Waals surface area contributed by atoms with Gasteiger partial charge in [-0.15, -0.1) is 0 Å². The quantitative estimate of drug-likeness (QED) is 0.542.